The summed E-state index contributed by atoms with van der Waals surface area (Å²) in [4.78, 5) is 11.9. The monoisotopic (exact) mass is 214 g/mol. The Balaban J connectivity index is 2.05. The van der Waals surface area contributed by atoms with Gasteiger partial charge >= 0.3 is 0 Å². The van der Waals surface area contributed by atoms with Gasteiger partial charge in [0.1, 0.15) is 0 Å². The van der Waals surface area contributed by atoms with E-state index in [2.05, 4.69) is 5.32 Å². The molecule has 3 nitrogen and oxygen atoms in total. The van der Waals surface area contributed by atoms with Crippen molar-refractivity contribution >= 4 is 5.78 Å². The number of ketones is 1. The highest BCUT2D eigenvalue weighted by Crippen LogP contribution is 2.13. The van der Waals surface area contributed by atoms with Crippen LogP contribution in [0.2, 0.25) is 0 Å². The van der Waals surface area contributed by atoms with Crippen LogP contribution in [0.4, 0.5) is 0 Å². The third-order valence-electron chi connectivity index (χ3n) is 2.91. The standard InChI is InChI=1S/C13H14N2O/c14-9-10-3-1-4-11(7-10)13(16)8-12-5-2-6-15-12/h1,3-4,7,12,15H,2,5-6,8H2. The van der Waals surface area contributed by atoms with Gasteiger partial charge in [-0.25, -0.2) is 0 Å². The first-order valence-electron chi connectivity index (χ1n) is 5.56. The minimum Gasteiger partial charge on any atom is -0.314 e. The summed E-state index contributed by atoms with van der Waals surface area (Å²) in [6.07, 6.45) is 2.76. The van der Waals surface area contributed by atoms with Crippen molar-refractivity contribution in [3.63, 3.8) is 0 Å². The van der Waals surface area contributed by atoms with Crippen LogP contribution in [-0.4, -0.2) is 18.4 Å². The number of nitriles is 1. The predicted octanol–water partition coefficient (Wildman–Crippen LogP) is 1.88. The van der Waals surface area contributed by atoms with Crippen molar-refractivity contribution in [1.82, 2.24) is 5.32 Å². The maximum absolute atomic E-state index is 11.9. The molecule has 1 aromatic carbocycles. The van der Waals surface area contributed by atoms with Gasteiger partial charge in [0.05, 0.1) is 11.6 Å². The van der Waals surface area contributed by atoms with Crippen LogP contribution in [-0.2, 0) is 0 Å². The zero-order chi connectivity index (χ0) is 11.4. The molecule has 3 heteroatoms. The van der Waals surface area contributed by atoms with Crippen LogP contribution < -0.4 is 5.32 Å². The number of nitrogens with one attached hydrogen (secondary N) is 1. The number of hydrogen-bond donors (Lipinski definition) is 1. The number of Topliss-reactive ketones (excluding diaryl/α,β-unsaturated/α-hetero) is 1. The van der Waals surface area contributed by atoms with E-state index in [1.807, 2.05) is 6.07 Å². The highest BCUT2D eigenvalue weighted by molar-refractivity contribution is 5.96. The van der Waals surface area contributed by atoms with E-state index in [4.69, 9.17) is 5.26 Å². The molecule has 1 aliphatic heterocycles. The van der Waals surface area contributed by atoms with Gasteiger partial charge in [-0.1, -0.05) is 12.1 Å². The van der Waals surface area contributed by atoms with E-state index in [1.54, 1.807) is 24.3 Å². The fourth-order valence-corrected chi connectivity index (χ4v) is 2.03. The maximum Gasteiger partial charge on any atom is 0.164 e. The van der Waals surface area contributed by atoms with Gasteiger partial charge in [-0.3, -0.25) is 4.79 Å². The molecule has 16 heavy (non-hydrogen) atoms. The molecule has 0 amide bonds. The summed E-state index contributed by atoms with van der Waals surface area (Å²) in [7, 11) is 0. The Kier molecular flexibility index (Phi) is 3.33. The van der Waals surface area contributed by atoms with Gasteiger partial charge in [0.2, 0.25) is 0 Å². The summed E-state index contributed by atoms with van der Waals surface area (Å²) in [6.45, 7) is 1.01. The van der Waals surface area contributed by atoms with Gasteiger partial charge in [-0.05, 0) is 31.5 Å². The van der Waals surface area contributed by atoms with Gasteiger partial charge in [-0.2, -0.15) is 5.26 Å². The van der Waals surface area contributed by atoms with E-state index in [9.17, 15) is 4.79 Å². The number of rotatable bonds is 3. The molecule has 1 aliphatic rings. The molecule has 0 aromatic heterocycles. The van der Waals surface area contributed by atoms with Crippen LogP contribution in [0.3, 0.4) is 0 Å². The Morgan fingerprint density at radius 3 is 3.12 bits per heavy atom. The number of carbonyl (C=O) groups excluding carboxylic acids is 1. The van der Waals surface area contributed by atoms with E-state index in [-0.39, 0.29) is 5.78 Å². The smallest absolute Gasteiger partial charge is 0.164 e. The first-order chi connectivity index (χ1) is 7.79. The lowest BCUT2D eigenvalue weighted by Crippen LogP contribution is -2.24. The summed E-state index contributed by atoms with van der Waals surface area (Å²) in [5, 5.41) is 12.1. The number of nitrogens with zero attached hydrogens (tertiary/aromatic N) is 1. The van der Waals surface area contributed by atoms with Crippen molar-refractivity contribution in [2.24, 2.45) is 0 Å². The number of hydrogen-bond acceptors (Lipinski definition) is 3. The molecule has 82 valence electrons. The zero-order valence-corrected chi connectivity index (χ0v) is 9.07. The van der Waals surface area contributed by atoms with Crippen LogP contribution in [0.5, 0.6) is 0 Å². The molecule has 1 atom stereocenters. The molecule has 0 saturated carbocycles. The van der Waals surface area contributed by atoms with Gasteiger partial charge in [0, 0.05) is 18.0 Å². The average Bonchev–Trinajstić information content (AvgIpc) is 2.82. The average molecular weight is 214 g/mol. The van der Waals surface area contributed by atoms with E-state index < -0.39 is 0 Å². The molecule has 0 radical (unpaired) electrons. The van der Waals surface area contributed by atoms with Crippen molar-refractivity contribution in [2.75, 3.05) is 6.54 Å². The third kappa shape index (κ3) is 2.47. The van der Waals surface area contributed by atoms with Gasteiger partial charge in [-0.15, -0.1) is 0 Å². The topological polar surface area (TPSA) is 52.9 Å². The van der Waals surface area contributed by atoms with Crippen LogP contribution in [0.15, 0.2) is 24.3 Å². The Morgan fingerprint density at radius 1 is 1.56 bits per heavy atom. The van der Waals surface area contributed by atoms with Crippen molar-refractivity contribution in [3.05, 3.63) is 35.4 Å². The first-order valence-corrected chi connectivity index (χ1v) is 5.56. The Labute approximate surface area is 95.1 Å². The van der Waals surface area contributed by atoms with Crippen LogP contribution in [0.25, 0.3) is 0 Å². The molecular weight excluding hydrogens is 200 g/mol. The van der Waals surface area contributed by atoms with Crippen LogP contribution >= 0.6 is 0 Å². The van der Waals surface area contributed by atoms with Crippen molar-refractivity contribution in [3.8, 4) is 6.07 Å². The second kappa shape index (κ2) is 4.91. The summed E-state index contributed by atoms with van der Waals surface area (Å²) in [6, 6.07) is 9.28. The Morgan fingerprint density at radius 2 is 2.44 bits per heavy atom. The molecule has 0 bridgehead atoms. The second-order valence-corrected chi connectivity index (χ2v) is 4.11. The zero-order valence-electron chi connectivity index (χ0n) is 9.07. The maximum atomic E-state index is 11.9. The first kappa shape index (κ1) is 10.8. The number of benzene rings is 1. The fraction of sp³-hybridized carbons (Fsp3) is 0.385. The van der Waals surface area contributed by atoms with E-state index in [0.717, 1.165) is 19.4 Å². The fourth-order valence-electron chi connectivity index (χ4n) is 2.03. The predicted molar refractivity (Wildman–Crippen MR) is 61.1 cm³/mol. The van der Waals surface area contributed by atoms with E-state index >= 15 is 0 Å². The molecule has 1 N–H and O–H groups in total. The van der Waals surface area contributed by atoms with Crippen LogP contribution in [0.1, 0.15) is 35.2 Å². The lowest BCUT2D eigenvalue weighted by Gasteiger charge is -2.08. The minimum absolute atomic E-state index is 0.122. The highest BCUT2D eigenvalue weighted by Gasteiger charge is 2.18. The summed E-state index contributed by atoms with van der Waals surface area (Å²) >= 11 is 0. The van der Waals surface area contributed by atoms with E-state index in [0.29, 0.717) is 23.6 Å². The minimum atomic E-state index is 0.122. The molecule has 1 fully saturated rings. The Bertz CT molecular complexity index is 428. The SMILES string of the molecule is N#Cc1cccc(C(=O)CC2CCCN2)c1. The third-order valence-corrected chi connectivity index (χ3v) is 2.91. The molecule has 0 spiro atoms. The normalized spacial score (nSPS) is 19.3. The largest absolute Gasteiger partial charge is 0.314 e. The van der Waals surface area contributed by atoms with Gasteiger partial charge < -0.3 is 5.32 Å². The van der Waals surface area contributed by atoms with E-state index in [1.165, 1.54) is 0 Å². The molecule has 1 unspecified atom stereocenters. The molecule has 1 saturated heterocycles. The van der Waals surface area contributed by atoms with Gasteiger partial charge in [0.15, 0.2) is 5.78 Å². The summed E-state index contributed by atoms with van der Waals surface area (Å²) in [5.41, 5.74) is 1.19. The van der Waals surface area contributed by atoms with Crippen LogP contribution in [0, 0.1) is 11.3 Å². The lowest BCUT2D eigenvalue weighted by molar-refractivity contribution is 0.0971. The second-order valence-electron chi connectivity index (χ2n) is 4.11. The molecule has 2 rings (SSSR count). The molecular formula is C13H14N2O. The number of carbonyl (C=O) groups is 1. The lowest BCUT2D eigenvalue weighted by atomic mass is 10.0. The molecule has 0 aliphatic carbocycles. The van der Waals surface area contributed by atoms with Crippen molar-refractivity contribution < 1.29 is 4.79 Å². The molecule has 1 aromatic rings. The van der Waals surface area contributed by atoms with Gasteiger partial charge in [0.25, 0.3) is 0 Å². The quantitative estimate of drug-likeness (QED) is 0.782. The van der Waals surface area contributed by atoms with Crippen molar-refractivity contribution in [1.29, 1.82) is 5.26 Å². The highest BCUT2D eigenvalue weighted by atomic mass is 16.1. The summed E-state index contributed by atoms with van der Waals surface area (Å²) < 4.78 is 0. The Hall–Kier alpha value is -1.66. The molecule has 1 heterocycles. The summed E-state index contributed by atoms with van der Waals surface area (Å²) in [5.74, 6) is 0.122. The van der Waals surface area contributed by atoms with Crippen molar-refractivity contribution in [2.45, 2.75) is 25.3 Å².